The van der Waals surface area contributed by atoms with Crippen LogP contribution < -0.4 is 9.47 Å². The predicted octanol–water partition coefficient (Wildman–Crippen LogP) is 1.23. The molecule has 0 atom stereocenters. The molecule has 0 spiro atoms. The molecule has 0 saturated heterocycles. The fraction of sp³-hybridized carbons (Fsp3) is 0.400. The second-order valence-electron chi connectivity index (χ2n) is 2.92. The third-order valence-electron chi connectivity index (χ3n) is 1.79. The molecule has 1 rings (SSSR count). The van der Waals surface area contributed by atoms with Gasteiger partial charge in [0.05, 0.1) is 14.2 Å². The summed E-state index contributed by atoms with van der Waals surface area (Å²) in [6.07, 6.45) is 1.93. The Hall–Kier alpha value is -1.58. The number of carbonyl (C=O) groups is 1. The van der Waals surface area contributed by atoms with E-state index in [1.165, 1.54) is 14.0 Å². The number of hydrogen-bond acceptors (Lipinski definition) is 4. The van der Waals surface area contributed by atoms with Crippen molar-refractivity contribution >= 4 is 5.78 Å². The molecular formula is C10H13NO3. The number of nitrogens with zero attached hydrogens (tertiary/aromatic N) is 1. The molecule has 0 saturated carbocycles. The Morgan fingerprint density at radius 1 is 1.43 bits per heavy atom. The van der Waals surface area contributed by atoms with Crippen molar-refractivity contribution in [1.29, 1.82) is 0 Å². The van der Waals surface area contributed by atoms with E-state index in [1.807, 2.05) is 0 Å². The molecule has 1 aromatic rings. The number of Topliss-reactive ketones (excluding diaryl/α,β-unsaturated/α-hetero) is 1. The SMILES string of the molecule is COc1cc(OC)c(CC(C)=O)cn1. The molecule has 0 aromatic carbocycles. The van der Waals surface area contributed by atoms with Gasteiger partial charge in [-0.05, 0) is 6.92 Å². The van der Waals surface area contributed by atoms with Gasteiger partial charge in [-0.2, -0.15) is 0 Å². The van der Waals surface area contributed by atoms with Crippen LogP contribution in [0.2, 0.25) is 0 Å². The van der Waals surface area contributed by atoms with Gasteiger partial charge in [-0.3, -0.25) is 4.79 Å². The monoisotopic (exact) mass is 195 g/mol. The molecule has 4 heteroatoms. The van der Waals surface area contributed by atoms with Gasteiger partial charge < -0.3 is 9.47 Å². The average molecular weight is 195 g/mol. The highest BCUT2D eigenvalue weighted by Gasteiger charge is 2.07. The molecule has 0 aliphatic heterocycles. The van der Waals surface area contributed by atoms with Gasteiger partial charge in [-0.25, -0.2) is 4.98 Å². The smallest absolute Gasteiger partial charge is 0.216 e. The van der Waals surface area contributed by atoms with Crippen LogP contribution in [0.4, 0.5) is 0 Å². The standard InChI is InChI=1S/C10H13NO3/c1-7(12)4-8-6-11-10(14-3)5-9(8)13-2/h5-6H,4H2,1-3H3. The summed E-state index contributed by atoms with van der Waals surface area (Å²) in [5.41, 5.74) is 0.779. The number of hydrogen-bond donors (Lipinski definition) is 0. The minimum atomic E-state index is 0.0790. The van der Waals surface area contributed by atoms with Gasteiger partial charge in [0.15, 0.2) is 0 Å². The van der Waals surface area contributed by atoms with Crippen molar-refractivity contribution in [3.8, 4) is 11.6 Å². The van der Waals surface area contributed by atoms with Gasteiger partial charge in [0.2, 0.25) is 5.88 Å². The molecule has 0 aliphatic carbocycles. The molecule has 0 unspecified atom stereocenters. The van der Waals surface area contributed by atoms with Crippen molar-refractivity contribution in [2.75, 3.05) is 14.2 Å². The normalized spacial score (nSPS) is 9.64. The number of aromatic nitrogens is 1. The second-order valence-corrected chi connectivity index (χ2v) is 2.92. The van der Waals surface area contributed by atoms with Gasteiger partial charge in [0.25, 0.3) is 0 Å². The first-order valence-corrected chi connectivity index (χ1v) is 4.23. The summed E-state index contributed by atoms with van der Waals surface area (Å²) < 4.78 is 10.1. The summed E-state index contributed by atoms with van der Waals surface area (Å²) in [4.78, 5) is 14.9. The van der Waals surface area contributed by atoms with Gasteiger partial charge >= 0.3 is 0 Å². The Labute approximate surface area is 82.9 Å². The molecule has 1 aromatic heterocycles. The lowest BCUT2D eigenvalue weighted by atomic mass is 10.1. The van der Waals surface area contributed by atoms with Gasteiger partial charge in [-0.1, -0.05) is 0 Å². The molecule has 0 amide bonds. The van der Waals surface area contributed by atoms with Crippen molar-refractivity contribution < 1.29 is 14.3 Å². The van der Waals surface area contributed by atoms with Gasteiger partial charge in [0.1, 0.15) is 11.5 Å². The van der Waals surface area contributed by atoms with Crippen LogP contribution in [0.1, 0.15) is 12.5 Å². The van der Waals surface area contributed by atoms with Crippen LogP contribution in [-0.2, 0) is 11.2 Å². The number of ether oxygens (including phenoxy) is 2. The number of ketones is 1. The van der Waals surface area contributed by atoms with Crippen LogP contribution in [0.25, 0.3) is 0 Å². The maximum Gasteiger partial charge on any atom is 0.216 e. The number of carbonyl (C=O) groups excluding carboxylic acids is 1. The highest BCUT2D eigenvalue weighted by Crippen LogP contribution is 2.22. The van der Waals surface area contributed by atoms with Crippen LogP contribution in [0, 0.1) is 0 Å². The molecule has 76 valence electrons. The molecule has 0 N–H and O–H groups in total. The molecule has 0 radical (unpaired) electrons. The quantitative estimate of drug-likeness (QED) is 0.725. The first-order valence-electron chi connectivity index (χ1n) is 4.23. The largest absolute Gasteiger partial charge is 0.496 e. The minimum Gasteiger partial charge on any atom is -0.496 e. The third-order valence-corrected chi connectivity index (χ3v) is 1.79. The molecule has 1 heterocycles. The third kappa shape index (κ3) is 2.45. The minimum absolute atomic E-state index is 0.0790. The van der Waals surface area contributed by atoms with Crippen LogP contribution in [-0.4, -0.2) is 25.0 Å². The van der Waals surface area contributed by atoms with Crippen molar-refractivity contribution in [3.05, 3.63) is 17.8 Å². The predicted molar refractivity (Wildman–Crippen MR) is 51.7 cm³/mol. The van der Waals surface area contributed by atoms with Crippen LogP contribution in [0.5, 0.6) is 11.6 Å². The summed E-state index contributed by atoms with van der Waals surface area (Å²) in [6, 6.07) is 1.66. The number of methoxy groups -OCH3 is 2. The Kier molecular flexibility index (Phi) is 3.45. The Morgan fingerprint density at radius 3 is 2.64 bits per heavy atom. The maximum absolute atomic E-state index is 10.9. The van der Waals surface area contributed by atoms with E-state index in [0.717, 1.165) is 5.56 Å². The average Bonchev–Trinajstić information content (AvgIpc) is 2.17. The summed E-state index contributed by atoms with van der Waals surface area (Å²) in [5, 5.41) is 0. The Bertz CT molecular complexity index is 336. The van der Waals surface area contributed by atoms with E-state index in [9.17, 15) is 4.79 Å². The first kappa shape index (κ1) is 10.5. The summed E-state index contributed by atoms with van der Waals surface area (Å²) in [5.74, 6) is 1.19. The van der Waals surface area contributed by atoms with E-state index in [-0.39, 0.29) is 5.78 Å². The molecule has 0 aliphatic rings. The van der Waals surface area contributed by atoms with E-state index in [4.69, 9.17) is 9.47 Å². The molecule has 14 heavy (non-hydrogen) atoms. The zero-order valence-corrected chi connectivity index (χ0v) is 8.53. The maximum atomic E-state index is 10.9. The molecule has 0 fully saturated rings. The number of pyridine rings is 1. The summed E-state index contributed by atoms with van der Waals surface area (Å²) >= 11 is 0. The van der Waals surface area contributed by atoms with Crippen LogP contribution in [0.15, 0.2) is 12.3 Å². The second kappa shape index (κ2) is 4.60. The van der Waals surface area contributed by atoms with E-state index >= 15 is 0 Å². The fourth-order valence-electron chi connectivity index (χ4n) is 1.15. The van der Waals surface area contributed by atoms with E-state index in [0.29, 0.717) is 18.1 Å². The van der Waals surface area contributed by atoms with E-state index in [1.54, 1.807) is 19.4 Å². The fourth-order valence-corrected chi connectivity index (χ4v) is 1.15. The lowest BCUT2D eigenvalue weighted by Gasteiger charge is -2.07. The summed E-state index contributed by atoms with van der Waals surface area (Å²) in [6.45, 7) is 1.53. The molecule has 4 nitrogen and oxygen atoms in total. The van der Waals surface area contributed by atoms with Gasteiger partial charge in [0, 0.05) is 24.2 Å². The van der Waals surface area contributed by atoms with E-state index in [2.05, 4.69) is 4.98 Å². The van der Waals surface area contributed by atoms with Gasteiger partial charge in [-0.15, -0.1) is 0 Å². The van der Waals surface area contributed by atoms with Crippen molar-refractivity contribution in [1.82, 2.24) is 4.98 Å². The highest BCUT2D eigenvalue weighted by atomic mass is 16.5. The van der Waals surface area contributed by atoms with Crippen molar-refractivity contribution in [3.63, 3.8) is 0 Å². The lowest BCUT2D eigenvalue weighted by molar-refractivity contribution is -0.116. The highest BCUT2D eigenvalue weighted by molar-refractivity contribution is 5.78. The molecular weight excluding hydrogens is 182 g/mol. The Balaban J connectivity index is 2.98. The van der Waals surface area contributed by atoms with Crippen LogP contribution >= 0.6 is 0 Å². The number of rotatable bonds is 4. The van der Waals surface area contributed by atoms with Crippen LogP contribution in [0.3, 0.4) is 0 Å². The zero-order valence-electron chi connectivity index (χ0n) is 8.53. The lowest BCUT2D eigenvalue weighted by Crippen LogP contribution is -2.01. The van der Waals surface area contributed by atoms with Crippen molar-refractivity contribution in [2.45, 2.75) is 13.3 Å². The molecule has 0 bridgehead atoms. The van der Waals surface area contributed by atoms with E-state index < -0.39 is 0 Å². The topological polar surface area (TPSA) is 48.4 Å². The Morgan fingerprint density at radius 2 is 2.14 bits per heavy atom. The van der Waals surface area contributed by atoms with Crippen molar-refractivity contribution in [2.24, 2.45) is 0 Å². The first-order chi connectivity index (χ1) is 6.67. The zero-order chi connectivity index (χ0) is 10.6. The summed E-state index contributed by atoms with van der Waals surface area (Å²) in [7, 11) is 3.09.